The van der Waals surface area contributed by atoms with E-state index >= 15 is 0 Å². The van der Waals surface area contributed by atoms with E-state index in [1.165, 1.54) is 12.0 Å². The Morgan fingerprint density at radius 3 is 2.50 bits per heavy atom. The Hall–Kier alpha value is -4.26. The average Bonchev–Trinajstić information content (AvgIpc) is 3.62. The predicted octanol–water partition coefficient (Wildman–Crippen LogP) is 5.31. The fraction of sp³-hybridized carbons (Fsp3) is 0.414. The van der Waals surface area contributed by atoms with Crippen molar-refractivity contribution in [2.24, 2.45) is 0 Å². The van der Waals surface area contributed by atoms with Crippen LogP contribution in [-0.4, -0.2) is 73.1 Å². The third-order valence-corrected chi connectivity index (χ3v) is 7.90. The van der Waals surface area contributed by atoms with Crippen LogP contribution in [0.25, 0.3) is 11.3 Å². The molecule has 3 atom stereocenters. The number of carbonyl (C=O) groups is 2. The molecular formula is C29H33F3N4O6. The number of aromatic nitrogens is 1. The molecule has 1 aliphatic heterocycles. The largest absolute Gasteiger partial charge is 0.493 e. The van der Waals surface area contributed by atoms with Crippen molar-refractivity contribution in [2.75, 3.05) is 33.1 Å². The number of hydrogen-bond donors (Lipinski definition) is 3. The van der Waals surface area contributed by atoms with E-state index in [1.54, 1.807) is 20.4 Å². The van der Waals surface area contributed by atoms with Crippen molar-refractivity contribution in [1.82, 2.24) is 15.2 Å². The van der Waals surface area contributed by atoms with Gasteiger partial charge in [-0.05, 0) is 69.1 Å². The van der Waals surface area contributed by atoms with Gasteiger partial charge in [0.05, 0.1) is 20.4 Å². The number of ether oxygens (including phenoxy) is 2. The predicted molar refractivity (Wildman–Crippen MR) is 148 cm³/mol. The number of oxazole rings is 1. The number of carboxylic acids is 1. The van der Waals surface area contributed by atoms with Crippen LogP contribution in [0.1, 0.15) is 31.2 Å². The van der Waals surface area contributed by atoms with Gasteiger partial charge in [0.2, 0.25) is 0 Å². The van der Waals surface area contributed by atoms with Crippen LogP contribution in [0.2, 0.25) is 0 Å². The van der Waals surface area contributed by atoms with Crippen LogP contribution in [0.4, 0.5) is 23.7 Å². The minimum atomic E-state index is -5.08. The Morgan fingerprint density at radius 1 is 1.12 bits per heavy atom. The van der Waals surface area contributed by atoms with E-state index in [-0.39, 0.29) is 17.5 Å². The highest BCUT2D eigenvalue weighted by Crippen LogP contribution is 2.49. The summed E-state index contributed by atoms with van der Waals surface area (Å²) < 4.78 is 48.1. The number of nitrogens with one attached hydrogen (secondary N) is 2. The van der Waals surface area contributed by atoms with Crippen molar-refractivity contribution >= 4 is 17.7 Å². The summed E-state index contributed by atoms with van der Waals surface area (Å²) in [4.78, 5) is 28.1. The number of rotatable bonds is 6. The smallest absolute Gasteiger partial charge is 0.490 e. The first-order valence-corrected chi connectivity index (χ1v) is 13.3. The van der Waals surface area contributed by atoms with Gasteiger partial charge in [-0.3, -0.25) is 0 Å². The van der Waals surface area contributed by atoms with E-state index in [9.17, 15) is 18.0 Å². The molecule has 2 aromatic carbocycles. The molecule has 1 saturated carbocycles. The second-order valence-electron chi connectivity index (χ2n) is 10.3. The number of amides is 2. The number of halogens is 3. The number of fused-ring (bicyclic) bond motifs is 1. The van der Waals surface area contributed by atoms with Crippen molar-refractivity contribution in [2.45, 2.75) is 49.4 Å². The summed E-state index contributed by atoms with van der Waals surface area (Å²) in [6, 6.07) is 14.1. The molecule has 42 heavy (non-hydrogen) atoms. The number of alkyl halides is 3. The Balaban J connectivity index is 0.000000517. The third-order valence-electron chi connectivity index (χ3n) is 7.90. The highest BCUT2D eigenvalue weighted by molar-refractivity contribution is 5.90. The summed E-state index contributed by atoms with van der Waals surface area (Å²) in [7, 11) is 5.52. The molecule has 0 bridgehead atoms. The molecule has 0 radical (unpaired) electrons. The van der Waals surface area contributed by atoms with Crippen molar-refractivity contribution < 1.29 is 41.8 Å². The van der Waals surface area contributed by atoms with Crippen LogP contribution in [0.3, 0.4) is 0 Å². The minimum absolute atomic E-state index is 0.0500. The lowest BCUT2D eigenvalue weighted by Crippen LogP contribution is -2.52. The Bertz CT molecular complexity index is 1380. The Labute approximate surface area is 240 Å². The van der Waals surface area contributed by atoms with E-state index < -0.39 is 12.1 Å². The summed E-state index contributed by atoms with van der Waals surface area (Å²) in [6.07, 6.45) is 1.89. The molecule has 226 valence electrons. The monoisotopic (exact) mass is 590 g/mol. The SMILES string of the molecule is COc1ccc([C@@]23CC[C@@H](NC(=O)Nc4cccc(-c5cnco5)c4)C[C@@H]2N(C)CC3)cc1OC.O=C(O)C(F)(F)F. The quantitative estimate of drug-likeness (QED) is 0.353. The number of likely N-dealkylation sites (N-methyl/N-ethyl adjacent to an activating group) is 1. The van der Waals surface area contributed by atoms with Gasteiger partial charge in [-0.15, -0.1) is 0 Å². The lowest BCUT2D eigenvalue weighted by atomic mass is 9.65. The molecule has 10 nitrogen and oxygen atoms in total. The first-order chi connectivity index (χ1) is 20.0. The van der Waals surface area contributed by atoms with E-state index in [0.717, 1.165) is 49.3 Å². The molecule has 1 aliphatic carbocycles. The second-order valence-corrected chi connectivity index (χ2v) is 10.3. The van der Waals surface area contributed by atoms with Crippen molar-refractivity contribution in [3.05, 3.63) is 60.6 Å². The van der Waals surface area contributed by atoms with Crippen LogP contribution in [0.15, 0.2) is 59.5 Å². The molecule has 1 aromatic heterocycles. The number of likely N-dealkylation sites (tertiary alicyclic amines) is 1. The number of carbonyl (C=O) groups excluding carboxylic acids is 1. The third kappa shape index (κ3) is 6.78. The molecule has 3 N–H and O–H groups in total. The van der Waals surface area contributed by atoms with Crippen LogP contribution in [0, 0.1) is 0 Å². The Kier molecular flexibility index (Phi) is 9.30. The summed E-state index contributed by atoms with van der Waals surface area (Å²) in [5, 5.41) is 13.3. The van der Waals surface area contributed by atoms with Crippen molar-refractivity contribution in [3.8, 4) is 22.8 Å². The Morgan fingerprint density at radius 2 is 1.86 bits per heavy atom. The van der Waals surface area contributed by atoms with Gasteiger partial charge in [0.1, 0.15) is 0 Å². The van der Waals surface area contributed by atoms with E-state index in [2.05, 4.69) is 39.7 Å². The molecule has 1 saturated heterocycles. The zero-order valence-electron chi connectivity index (χ0n) is 23.4. The lowest BCUT2D eigenvalue weighted by Gasteiger charge is -2.45. The standard InChI is InChI=1S/C27H32N4O4.C2HF3O2/c1-31-12-11-27(19-7-8-22(33-2)23(14-19)34-3)10-9-21(15-25(27)31)30-26(32)29-20-6-4-5-18(13-20)24-16-28-17-35-24;3-2(4,5)1(6)7/h4-8,13-14,16-17,21,25H,9-12,15H2,1-3H3,(H2,29,30,32);(H,6,7)/t21-,25+,27+;/m1./s1. The van der Waals surface area contributed by atoms with Gasteiger partial charge in [-0.1, -0.05) is 18.2 Å². The second kappa shape index (κ2) is 12.7. The van der Waals surface area contributed by atoms with Crippen LogP contribution in [-0.2, 0) is 10.2 Å². The first-order valence-electron chi connectivity index (χ1n) is 13.3. The molecule has 2 amide bonds. The highest BCUT2D eigenvalue weighted by Gasteiger charge is 2.50. The number of aliphatic carboxylic acids is 1. The molecule has 2 aliphatic rings. The molecule has 2 heterocycles. The molecular weight excluding hydrogens is 557 g/mol. The van der Waals surface area contributed by atoms with Gasteiger partial charge in [0, 0.05) is 28.7 Å². The maximum Gasteiger partial charge on any atom is 0.490 e. The number of anilines is 1. The molecule has 0 unspecified atom stereocenters. The number of urea groups is 1. The summed E-state index contributed by atoms with van der Waals surface area (Å²) in [6.45, 7) is 1.03. The zero-order valence-corrected chi connectivity index (χ0v) is 23.4. The topological polar surface area (TPSA) is 126 Å². The van der Waals surface area contributed by atoms with Gasteiger partial charge in [0.15, 0.2) is 23.7 Å². The summed E-state index contributed by atoms with van der Waals surface area (Å²) in [5.74, 6) is -0.584. The van der Waals surface area contributed by atoms with Crippen molar-refractivity contribution in [1.29, 1.82) is 0 Å². The first kappa shape index (κ1) is 30.7. The fourth-order valence-corrected chi connectivity index (χ4v) is 5.86. The maximum absolute atomic E-state index is 12.9. The fourth-order valence-electron chi connectivity index (χ4n) is 5.86. The van der Waals surface area contributed by atoms with Crippen molar-refractivity contribution in [3.63, 3.8) is 0 Å². The number of carboxylic acid groups (broad SMARTS) is 1. The van der Waals surface area contributed by atoms with E-state index in [1.807, 2.05) is 30.3 Å². The molecule has 5 rings (SSSR count). The zero-order chi connectivity index (χ0) is 30.5. The van der Waals surface area contributed by atoms with Crippen LogP contribution < -0.4 is 20.1 Å². The highest BCUT2D eigenvalue weighted by atomic mass is 19.4. The molecule has 3 aromatic rings. The van der Waals surface area contributed by atoms with Gasteiger partial charge >= 0.3 is 18.2 Å². The molecule has 2 fully saturated rings. The summed E-state index contributed by atoms with van der Waals surface area (Å²) in [5.41, 5.74) is 2.92. The number of nitrogens with zero attached hydrogens (tertiary/aromatic N) is 2. The van der Waals surface area contributed by atoms with Gasteiger partial charge in [0.25, 0.3) is 0 Å². The molecule has 13 heteroatoms. The van der Waals surface area contributed by atoms with Gasteiger partial charge < -0.3 is 34.5 Å². The van der Waals surface area contributed by atoms with E-state index in [0.29, 0.717) is 17.5 Å². The number of benzene rings is 2. The number of hydrogen-bond acceptors (Lipinski definition) is 7. The lowest BCUT2D eigenvalue weighted by molar-refractivity contribution is -0.192. The van der Waals surface area contributed by atoms with Gasteiger partial charge in [-0.2, -0.15) is 13.2 Å². The maximum atomic E-state index is 12.9. The average molecular weight is 591 g/mol. The van der Waals surface area contributed by atoms with Gasteiger partial charge in [-0.25, -0.2) is 14.6 Å². The minimum Gasteiger partial charge on any atom is -0.493 e. The van der Waals surface area contributed by atoms with Crippen LogP contribution in [0.5, 0.6) is 11.5 Å². The normalized spacial score (nSPS) is 21.9. The van der Waals surface area contributed by atoms with Crippen LogP contribution >= 0.6 is 0 Å². The number of methoxy groups -OCH3 is 2. The van der Waals surface area contributed by atoms with E-state index in [4.69, 9.17) is 23.8 Å². The summed E-state index contributed by atoms with van der Waals surface area (Å²) >= 11 is 0. The molecule has 0 spiro atoms.